The summed E-state index contributed by atoms with van der Waals surface area (Å²) in [5, 5.41) is 2.72. The third-order valence-corrected chi connectivity index (χ3v) is 7.76. The first kappa shape index (κ1) is 27.3. The van der Waals surface area contributed by atoms with Crippen molar-refractivity contribution in [1.29, 1.82) is 0 Å². The largest absolute Gasteiger partial charge is 0.353 e. The quantitative estimate of drug-likeness (QED) is 0.534. The fraction of sp³-hybridized carbons (Fsp3) is 0.692. The minimum absolute atomic E-state index is 0.0344. The summed E-state index contributed by atoms with van der Waals surface area (Å²) >= 11 is 0. The van der Waals surface area contributed by atoms with Gasteiger partial charge in [-0.25, -0.2) is 9.59 Å². The van der Waals surface area contributed by atoms with E-state index in [1.807, 2.05) is 0 Å². The minimum atomic E-state index is -0.937. The van der Waals surface area contributed by atoms with E-state index >= 15 is 0 Å². The highest BCUT2D eigenvalue weighted by Gasteiger charge is 2.31. The van der Waals surface area contributed by atoms with Crippen LogP contribution in [0.15, 0.2) is 23.1 Å². The van der Waals surface area contributed by atoms with Crippen molar-refractivity contribution < 1.29 is 9.59 Å². The molecule has 1 atom stereocenters. The van der Waals surface area contributed by atoms with Gasteiger partial charge in [0.05, 0.1) is 5.54 Å². The van der Waals surface area contributed by atoms with Gasteiger partial charge in [-0.1, -0.05) is 6.08 Å². The molecule has 37 heavy (non-hydrogen) atoms. The van der Waals surface area contributed by atoms with Crippen LogP contribution in [0.1, 0.15) is 52.9 Å². The summed E-state index contributed by atoms with van der Waals surface area (Å²) in [4.78, 5) is 47.7. The second kappa shape index (κ2) is 10.9. The number of anilines is 1. The Hall–Kier alpha value is -2.76. The Bertz CT molecular complexity index is 1070. The van der Waals surface area contributed by atoms with E-state index < -0.39 is 11.2 Å². The van der Waals surface area contributed by atoms with Gasteiger partial charge in [0.15, 0.2) is 0 Å². The van der Waals surface area contributed by atoms with Gasteiger partial charge in [0.2, 0.25) is 5.91 Å². The van der Waals surface area contributed by atoms with Crippen molar-refractivity contribution in [2.75, 3.05) is 51.1 Å². The maximum absolute atomic E-state index is 12.7. The van der Waals surface area contributed by atoms with Crippen LogP contribution in [0.4, 0.5) is 10.6 Å². The van der Waals surface area contributed by atoms with Crippen LogP contribution in [0, 0.1) is 5.92 Å². The van der Waals surface area contributed by atoms with Crippen molar-refractivity contribution in [2.45, 2.75) is 64.0 Å². The third kappa shape index (κ3) is 6.97. The van der Waals surface area contributed by atoms with Crippen LogP contribution in [0.3, 0.4) is 0 Å². The first-order valence-corrected chi connectivity index (χ1v) is 13.4. The molecule has 0 saturated carbocycles. The number of piperazine rings is 1. The Morgan fingerprint density at radius 1 is 1.14 bits per heavy atom. The predicted octanol–water partition coefficient (Wildman–Crippen LogP) is 1.11. The number of urea groups is 1. The smallest absolute Gasteiger partial charge is 0.338 e. The van der Waals surface area contributed by atoms with E-state index in [0.29, 0.717) is 32.1 Å². The van der Waals surface area contributed by atoms with Crippen molar-refractivity contribution in [1.82, 2.24) is 24.3 Å². The van der Waals surface area contributed by atoms with Gasteiger partial charge in [-0.15, -0.1) is 0 Å². The fourth-order valence-corrected chi connectivity index (χ4v) is 5.27. The number of carbonyl (C=O) groups is 2. The number of hydrogen-bond acceptors (Lipinski definition) is 7. The Kier molecular flexibility index (Phi) is 8.05. The van der Waals surface area contributed by atoms with Gasteiger partial charge >= 0.3 is 11.7 Å². The van der Waals surface area contributed by atoms with Gasteiger partial charge < -0.3 is 26.2 Å². The molecule has 11 heteroatoms. The standard InChI is InChI=1S/C26H42N8O3/c1-25(2,27)22(35)32-14-16-33(17-15-32)23(36)29-21-8-11-34(24(37)30-21)20-6-4-19(5-7-20)18-31-12-9-26(3,28)10-13-31/h6,8,11,19H,4-5,7,9-10,12-18,27-28H2,1-3H3,(H,29,30,36,37). The van der Waals surface area contributed by atoms with Crippen molar-refractivity contribution >= 4 is 23.5 Å². The topological polar surface area (TPSA) is 143 Å². The van der Waals surface area contributed by atoms with Gasteiger partial charge in [0, 0.05) is 50.2 Å². The lowest BCUT2D eigenvalue weighted by Gasteiger charge is -2.38. The zero-order valence-electron chi connectivity index (χ0n) is 22.4. The number of nitrogens with two attached hydrogens (primary N) is 2. The van der Waals surface area contributed by atoms with Crippen LogP contribution in [0.25, 0.3) is 5.70 Å². The van der Waals surface area contributed by atoms with Crippen molar-refractivity contribution in [3.8, 4) is 0 Å². The van der Waals surface area contributed by atoms with Gasteiger partial charge in [0.1, 0.15) is 5.82 Å². The van der Waals surface area contributed by atoms with Gasteiger partial charge in [-0.3, -0.25) is 14.7 Å². The molecule has 1 aliphatic carbocycles. The molecule has 0 bridgehead atoms. The minimum Gasteiger partial charge on any atom is -0.338 e. The lowest BCUT2D eigenvalue weighted by molar-refractivity contribution is -0.137. The number of likely N-dealkylation sites (tertiary alicyclic amines) is 1. The van der Waals surface area contributed by atoms with Crippen LogP contribution in [0.5, 0.6) is 0 Å². The molecule has 1 aromatic heterocycles. The highest BCUT2D eigenvalue weighted by molar-refractivity contribution is 5.89. The number of aromatic nitrogens is 2. The predicted molar refractivity (Wildman–Crippen MR) is 144 cm³/mol. The Morgan fingerprint density at radius 3 is 2.35 bits per heavy atom. The van der Waals surface area contributed by atoms with E-state index in [0.717, 1.165) is 57.4 Å². The van der Waals surface area contributed by atoms with E-state index in [1.54, 1.807) is 40.5 Å². The number of nitrogens with one attached hydrogen (secondary N) is 1. The van der Waals surface area contributed by atoms with E-state index in [9.17, 15) is 14.4 Å². The van der Waals surface area contributed by atoms with Crippen molar-refractivity contribution in [3.63, 3.8) is 0 Å². The monoisotopic (exact) mass is 514 g/mol. The molecule has 204 valence electrons. The molecule has 0 radical (unpaired) electrons. The molecule has 3 heterocycles. The molecular formula is C26H42N8O3. The molecule has 2 fully saturated rings. The number of nitrogens with zero attached hydrogens (tertiary/aromatic N) is 5. The summed E-state index contributed by atoms with van der Waals surface area (Å²) in [6.45, 7) is 10.3. The second-order valence-corrected chi connectivity index (χ2v) is 11.7. The summed E-state index contributed by atoms with van der Waals surface area (Å²) in [5.74, 6) is 0.672. The summed E-state index contributed by atoms with van der Waals surface area (Å²) in [5.41, 5.74) is 11.8. The maximum Gasteiger partial charge on any atom is 0.353 e. The second-order valence-electron chi connectivity index (χ2n) is 11.7. The number of amides is 3. The fourth-order valence-electron chi connectivity index (χ4n) is 5.27. The summed E-state index contributed by atoms with van der Waals surface area (Å²) in [7, 11) is 0. The molecule has 4 rings (SSSR count). The first-order valence-electron chi connectivity index (χ1n) is 13.4. The van der Waals surface area contributed by atoms with Gasteiger partial charge in [0.25, 0.3) is 0 Å². The number of rotatable bonds is 5. The summed E-state index contributed by atoms with van der Waals surface area (Å²) in [6, 6.07) is 1.32. The maximum atomic E-state index is 12.7. The average Bonchev–Trinajstić information content (AvgIpc) is 2.85. The highest BCUT2D eigenvalue weighted by atomic mass is 16.2. The van der Waals surface area contributed by atoms with Crippen molar-refractivity contribution in [3.05, 3.63) is 28.8 Å². The zero-order valence-corrected chi connectivity index (χ0v) is 22.4. The summed E-state index contributed by atoms with van der Waals surface area (Å²) in [6.07, 6.45) is 8.69. The lowest BCUT2D eigenvalue weighted by Crippen LogP contribution is -2.58. The highest BCUT2D eigenvalue weighted by Crippen LogP contribution is 2.28. The Labute approximate surface area is 218 Å². The zero-order chi connectivity index (χ0) is 26.8. The number of piperidine rings is 1. The van der Waals surface area contributed by atoms with Gasteiger partial charge in [-0.2, -0.15) is 4.98 Å². The normalized spacial score (nSPS) is 22.9. The average molecular weight is 515 g/mol. The molecule has 3 aliphatic rings. The number of hydrogen-bond donors (Lipinski definition) is 3. The van der Waals surface area contributed by atoms with E-state index in [4.69, 9.17) is 11.5 Å². The molecule has 0 aromatic carbocycles. The lowest BCUT2D eigenvalue weighted by atomic mass is 9.88. The molecule has 0 spiro atoms. The molecule has 1 unspecified atom stereocenters. The van der Waals surface area contributed by atoms with Crippen LogP contribution in [-0.2, 0) is 4.79 Å². The van der Waals surface area contributed by atoms with E-state index in [-0.39, 0.29) is 23.3 Å². The van der Waals surface area contributed by atoms with Crippen LogP contribution >= 0.6 is 0 Å². The molecule has 3 amide bonds. The molecule has 2 saturated heterocycles. The first-order chi connectivity index (χ1) is 17.4. The molecular weight excluding hydrogens is 472 g/mol. The molecule has 2 aliphatic heterocycles. The number of carbonyl (C=O) groups excluding carboxylic acids is 2. The van der Waals surface area contributed by atoms with E-state index in [2.05, 4.69) is 28.2 Å². The Morgan fingerprint density at radius 2 is 1.78 bits per heavy atom. The van der Waals surface area contributed by atoms with E-state index in [1.165, 1.54) is 0 Å². The Balaban J connectivity index is 1.27. The number of allylic oxidation sites excluding steroid dienone is 2. The molecule has 1 aromatic rings. The van der Waals surface area contributed by atoms with Gasteiger partial charge in [-0.05, 0) is 77.9 Å². The van der Waals surface area contributed by atoms with Crippen molar-refractivity contribution in [2.24, 2.45) is 17.4 Å². The molecule has 5 N–H and O–H groups in total. The van der Waals surface area contributed by atoms with Crippen LogP contribution < -0.4 is 22.5 Å². The van der Waals surface area contributed by atoms with Crippen LogP contribution in [0.2, 0.25) is 0 Å². The molecule has 11 nitrogen and oxygen atoms in total. The summed E-state index contributed by atoms with van der Waals surface area (Å²) < 4.78 is 1.57. The SMILES string of the molecule is CC1(N)CCN(CC2CC=C(n3ccc(NC(=O)N4CCN(C(=O)C(C)(C)N)CC4)nc3=O)CC2)CC1. The van der Waals surface area contributed by atoms with Crippen LogP contribution in [-0.4, -0.2) is 93.1 Å². The third-order valence-electron chi connectivity index (χ3n) is 7.76.